The number of ether oxygens (including phenoxy) is 1. The van der Waals surface area contributed by atoms with Crippen LogP contribution >= 0.6 is 0 Å². The van der Waals surface area contributed by atoms with Crippen LogP contribution in [0.2, 0.25) is 0 Å². The van der Waals surface area contributed by atoms with E-state index in [0.717, 1.165) is 5.39 Å². The van der Waals surface area contributed by atoms with E-state index in [2.05, 4.69) is 15.5 Å². The molecule has 2 N–H and O–H groups in total. The molecule has 18 heavy (non-hydrogen) atoms. The predicted octanol–water partition coefficient (Wildman–Crippen LogP) is 1.17. The van der Waals surface area contributed by atoms with Crippen molar-refractivity contribution in [2.24, 2.45) is 0 Å². The fraction of sp³-hybridized carbons (Fsp3) is 0.250. The summed E-state index contributed by atoms with van der Waals surface area (Å²) in [5, 5.41) is 10.2. The number of aromatic nitrogens is 2. The maximum absolute atomic E-state index is 11.5. The number of nitrogens with zero attached hydrogens (tertiary/aromatic N) is 1. The van der Waals surface area contributed by atoms with Gasteiger partial charge in [-0.15, -0.1) is 0 Å². The molecule has 1 aromatic carbocycles. The van der Waals surface area contributed by atoms with Crippen molar-refractivity contribution in [1.29, 1.82) is 0 Å². The molecule has 0 spiro atoms. The Hall–Kier alpha value is -2.37. The lowest BCUT2D eigenvalue weighted by molar-refractivity contribution is 0.151. The molecule has 0 radical (unpaired) electrons. The smallest absolute Gasteiger partial charge is 0.407 e. The van der Waals surface area contributed by atoms with E-state index in [4.69, 9.17) is 4.74 Å². The number of benzene rings is 1. The number of rotatable bonds is 3. The van der Waals surface area contributed by atoms with Gasteiger partial charge in [-0.25, -0.2) is 9.89 Å². The van der Waals surface area contributed by atoms with E-state index in [1.165, 1.54) is 0 Å². The van der Waals surface area contributed by atoms with Crippen LogP contribution in [-0.2, 0) is 11.3 Å². The monoisotopic (exact) mass is 247 g/mol. The van der Waals surface area contributed by atoms with Gasteiger partial charge in [0.15, 0.2) is 0 Å². The Morgan fingerprint density at radius 2 is 2.11 bits per heavy atom. The zero-order valence-electron chi connectivity index (χ0n) is 9.90. The maximum atomic E-state index is 11.5. The minimum Gasteiger partial charge on any atom is -0.450 e. The average Bonchev–Trinajstić information content (AvgIpc) is 2.39. The number of carbonyl (C=O) groups excluding carboxylic acids is 1. The van der Waals surface area contributed by atoms with Gasteiger partial charge in [-0.05, 0) is 13.0 Å². The number of hydrogen-bond acceptors (Lipinski definition) is 4. The fourth-order valence-electron chi connectivity index (χ4n) is 1.64. The second-order valence-electron chi connectivity index (χ2n) is 3.62. The Morgan fingerprint density at radius 1 is 1.39 bits per heavy atom. The highest BCUT2D eigenvalue weighted by Gasteiger charge is 2.07. The molecule has 0 atom stereocenters. The summed E-state index contributed by atoms with van der Waals surface area (Å²) in [5.41, 5.74) is 0.351. The third kappa shape index (κ3) is 2.48. The van der Waals surface area contributed by atoms with Crippen LogP contribution in [0.4, 0.5) is 4.79 Å². The van der Waals surface area contributed by atoms with E-state index in [1.54, 1.807) is 25.1 Å². The van der Waals surface area contributed by atoms with E-state index in [9.17, 15) is 9.59 Å². The number of aromatic amines is 1. The minimum absolute atomic E-state index is 0.204. The Kier molecular flexibility index (Phi) is 3.57. The molecule has 6 nitrogen and oxygen atoms in total. The van der Waals surface area contributed by atoms with Crippen LogP contribution in [0.3, 0.4) is 0 Å². The van der Waals surface area contributed by atoms with Crippen LogP contribution in [0.1, 0.15) is 12.6 Å². The van der Waals surface area contributed by atoms with Gasteiger partial charge in [-0.2, -0.15) is 5.10 Å². The lowest BCUT2D eigenvalue weighted by Crippen LogP contribution is -2.25. The second-order valence-corrected chi connectivity index (χ2v) is 3.62. The average molecular weight is 247 g/mol. The van der Waals surface area contributed by atoms with Crippen LogP contribution in [0.15, 0.2) is 29.1 Å². The lowest BCUT2D eigenvalue weighted by Gasteiger charge is -2.06. The molecule has 0 aliphatic rings. The Morgan fingerprint density at radius 3 is 2.83 bits per heavy atom. The van der Waals surface area contributed by atoms with E-state index in [1.807, 2.05) is 6.07 Å². The summed E-state index contributed by atoms with van der Waals surface area (Å²) in [6.45, 7) is 2.25. The number of hydrogen-bond donors (Lipinski definition) is 2. The highest BCUT2D eigenvalue weighted by molar-refractivity contribution is 5.83. The van der Waals surface area contributed by atoms with Crippen LogP contribution < -0.4 is 10.9 Å². The summed E-state index contributed by atoms with van der Waals surface area (Å²) in [6.07, 6.45) is -0.505. The van der Waals surface area contributed by atoms with Crippen LogP contribution in [-0.4, -0.2) is 22.9 Å². The van der Waals surface area contributed by atoms with Crippen LogP contribution in [0.5, 0.6) is 0 Å². The molecular formula is C12H13N3O3. The molecule has 1 amide bonds. The zero-order valence-corrected chi connectivity index (χ0v) is 9.90. The Bertz CT molecular complexity index is 621. The number of amides is 1. The third-order valence-electron chi connectivity index (χ3n) is 2.45. The predicted molar refractivity (Wildman–Crippen MR) is 66.2 cm³/mol. The molecule has 0 fully saturated rings. The summed E-state index contributed by atoms with van der Waals surface area (Å²) in [6, 6.07) is 7.10. The highest BCUT2D eigenvalue weighted by atomic mass is 16.5. The summed E-state index contributed by atoms with van der Waals surface area (Å²) in [5.74, 6) is 0. The molecule has 1 aromatic heterocycles. The molecule has 6 heteroatoms. The van der Waals surface area contributed by atoms with Crippen molar-refractivity contribution in [1.82, 2.24) is 15.5 Å². The quantitative estimate of drug-likeness (QED) is 0.852. The molecule has 0 aliphatic carbocycles. The number of fused-ring (bicyclic) bond motifs is 1. The van der Waals surface area contributed by atoms with E-state index >= 15 is 0 Å². The molecular weight excluding hydrogens is 234 g/mol. The number of H-pyrrole nitrogens is 1. The van der Waals surface area contributed by atoms with Gasteiger partial charge in [0.05, 0.1) is 24.2 Å². The molecule has 2 rings (SSSR count). The fourth-order valence-corrected chi connectivity index (χ4v) is 1.64. The molecule has 1 heterocycles. The zero-order chi connectivity index (χ0) is 13.0. The molecule has 0 aliphatic heterocycles. The lowest BCUT2D eigenvalue weighted by atomic mass is 10.1. The molecule has 0 saturated carbocycles. The Labute approximate surface area is 103 Å². The van der Waals surface area contributed by atoms with Gasteiger partial charge in [-0.3, -0.25) is 4.79 Å². The third-order valence-corrected chi connectivity index (χ3v) is 2.45. The van der Waals surface area contributed by atoms with Crippen molar-refractivity contribution in [2.75, 3.05) is 6.61 Å². The van der Waals surface area contributed by atoms with Gasteiger partial charge in [0, 0.05) is 5.39 Å². The van der Waals surface area contributed by atoms with Gasteiger partial charge in [0.1, 0.15) is 0 Å². The highest BCUT2D eigenvalue weighted by Crippen LogP contribution is 2.11. The number of nitrogens with one attached hydrogen (secondary N) is 2. The van der Waals surface area contributed by atoms with Crippen molar-refractivity contribution < 1.29 is 9.53 Å². The molecule has 94 valence electrons. The Balaban J connectivity index is 2.26. The first kappa shape index (κ1) is 12.1. The molecule has 0 saturated heterocycles. The maximum Gasteiger partial charge on any atom is 0.407 e. The standard InChI is InChI=1S/C12H13N3O3/c1-2-18-12(17)13-7-10-8-5-3-4-6-9(8)11(16)15-14-10/h3-6H,2,7H2,1H3,(H,13,17)(H,15,16). The largest absolute Gasteiger partial charge is 0.450 e. The van der Waals surface area contributed by atoms with Crippen molar-refractivity contribution in [3.8, 4) is 0 Å². The molecule has 0 bridgehead atoms. The number of carbonyl (C=O) groups is 1. The van der Waals surface area contributed by atoms with Crippen molar-refractivity contribution >= 4 is 16.9 Å². The van der Waals surface area contributed by atoms with Crippen molar-refractivity contribution in [3.63, 3.8) is 0 Å². The molecule has 2 aromatic rings. The van der Waals surface area contributed by atoms with Crippen molar-refractivity contribution in [2.45, 2.75) is 13.5 Å². The van der Waals surface area contributed by atoms with Gasteiger partial charge in [0.2, 0.25) is 0 Å². The number of alkyl carbamates (subject to hydrolysis) is 1. The van der Waals surface area contributed by atoms with Gasteiger partial charge < -0.3 is 10.1 Å². The summed E-state index contributed by atoms with van der Waals surface area (Å²) >= 11 is 0. The van der Waals surface area contributed by atoms with Gasteiger partial charge in [-0.1, -0.05) is 18.2 Å². The second kappa shape index (κ2) is 5.31. The topological polar surface area (TPSA) is 84.1 Å². The van der Waals surface area contributed by atoms with Gasteiger partial charge >= 0.3 is 6.09 Å². The van der Waals surface area contributed by atoms with Gasteiger partial charge in [0.25, 0.3) is 5.56 Å². The van der Waals surface area contributed by atoms with Crippen molar-refractivity contribution in [3.05, 3.63) is 40.3 Å². The van der Waals surface area contributed by atoms with E-state index in [-0.39, 0.29) is 12.1 Å². The normalized spacial score (nSPS) is 10.3. The summed E-state index contributed by atoms with van der Waals surface area (Å²) in [4.78, 5) is 22.7. The first-order valence-electron chi connectivity index (χ1n) is 5.59. The van der Waals surface area contributed by atoms with E-state index in [0.29, 0.717) is 17.7 Å². The summed E-state index contributed by atoms with van der Waals surface area (Å²) < 4.78 is 4.75. The summed E-state index contributed by atoms with van der Waals surface area (Å²) in [7, 11) is 0. The van der Waals surface area contributed by atoms with Crippen LogP contribution in [0, 0.1) is 0 Å². The minimum atomic E-state index is -0.505. The first-order valence-corrected chi connectivity index (χ1v) is 5.59. The van der Waals surface area contributed by atoms with E-state index < -0.39 is 6.09 Å². The molecule has 0 unspecified atom stereocenters. The SMILES string of the molecule is CCOC(=O)NCc1n[nH]c(=O)c2ccccc12. The van der Waals surface area contributed by atoms with Crippen LogP contribution in [0.25, 0.3) is 10.8 Å². The first-order chi connectivity index (χ1) is 8.72.